The maximum atomic E-state index is 13.3. The molecule has 7 nitrogen and oxygen atoms in total. The van der Waals surface area contributed by atoms with Crippen molar-refractivity contribution in [1.82, 2.24) is 10.2 Å². The molecular weight excluding hydrogens is 480 g/mol. The highest BCUT2D eigenvalue weighted by molar-refractivity contribution is 5.80. The van der Waals surface area contributed by atoms with Crippen molar-refractivity contribution in [2.24, 2.45) is 5.92 Å². The number of nitrogens with zero attached hydrogens (tertiary/aromatic N) is 1. The first-order chi connectivity index (χ1) is 18.5. The molecule has 0 radical (unpaired) electrons. The fourth-order valence-electron chi connectivity index (χ4n) is 5.27. The fourth-order valence-corrected chi connectivity index (χ4v) is 5.27. The molecule has 7 heteroatoms. The zero-order valence-corrected chi connectivity index (χ0v) is 21.2. The SMILES string of the molecule is O=C(O)CCN(Cc1ccccc1)C(=O)CC(NC(=O)OCC1c2ccccc2-c2ccccc21)C1CC1. The van der Waals surface area contributed by atoms with E-state index in [1.807, 2.05) is 54.6 Å². The number of carboxylic acid groups (broad SMARTS) is 1. The topological polar surface area (TPSA) is 95.9 Å². The van der Waals surface area contributed by atoms with Gasteiger partial charge in [-0.15, -0.1) is 0 Å². The van der Waals surface area contributed by atoms with E-state index in [0.29, 0.717) is 6.54 Å². The maximum absolute atomic E-state index is 13.3. The van der Waals surface area contributed by atoms with Gasteiger partial charge in [-0.05, 0) is 46.6 Å². The number of nitrogens with one attached hydrogen (secondary N) is 1. The number of carbonyl (C=O) groups excluding carboxylic acids is 2. The zero-order valence-electron chi connectivity index (χ0n) is 21.2. The number of ether oxygens (including phenoxy) is 1. The Balaban J connectivity index is 1.21. The number of hydrogen-bond donors (Lipinski definition) is 2. The predicted molar refractivity (Wildman–Crippen MR) is 143 cm³/mol. The first kappa shape index (κ1) is 25.5. The summed E-state index contributed by atoms with van der Waals surface area (Å²) in [6, 6.07) is 25.5. The van der Waals surface area contributed by atoms with E-state index in [1.165, 1.54) is 11.1 Å². The minimum absolute atomic E-state index is 0.0356. The molecule has 38 heavy (non-hydrogen) atoms. The van der Waals surface area contributed by atoms with Crippen LogP contribution >= 0.6 is 0 Å². The number of fused-ring (bicyclic) bond motifs is 3. The lowest BCUT2D eigenvalue weighted by molar-refractivity contribution is -0.138. The monoisotopic (exact) mass is 512 g/mol. The van der Waals surface area contributed by atoms with Gasteiger partial charge in [0, 0.05) is 31.5 Å². The number of amides is 2. The maximum Gasteiger partial charge on any atom is 0.407 e. The quantitative estimate of drug-likeness (QED) is 0.368. The average molecular weight is 513 g/mol. The molecule has 196 valence electrons. The normalized spacial score (nSPS) is 14.7. The highest BCUT2D eigenvalue weighted by Gasteiger charge is 2.36. The second-order valence-electron chi connectivity index (χ2n) is 10.1. The molecule has 1 fully saturated rings. The van der Waals surface area contributed by atoms with Crippen molar-refractivity contribution in [2.75, 3.05) is 13.2 Å². The predicted octanol–water partition coefficient (Wildman–Crippen LogP) is 5.20. The summed E-state index contributed by atoms with van der Waals surface area (Å²) in [5, 5.41) is 12.1. The van der Waals surface area contributed by atoms with E-state index < -0.39 is 12.1 Å². The Bertz CT molecular complexity index is 1260. The van der Waals surface area contributed by atoms with E-state index in [0.717, 1.165) is 29.5 Å². The van der Waals surface area contributed by atoms with Crippen LogP contribution in [0, 0.1) is 5.92 Å². The first-order valence-corrected chi connectivity index (χ1v) is 13.1. The Kier molecular flexibility index (Phi) is 7.73. The molecule has 0 bridgehead atoms. The number of rotatable bonds is 11. The standard InChI is InChI=1S/C31H32N2O5/c34-29(33(17-16-30(35)36)19-21-8-2-1-3-9-21)18-28(22-14-15-22)32-31(37)38-20-27-25-12-6-4-10-23(25)24-11-5-7-13-26(24)27/h1-13,22,27-28H,14-20H2,(H,32,37)(H,35,36). The third-order valence-corrected chi connectivity index (χ3v) is 7.40. The molecule has 3 aromatic rings. The summed E-state index contributed by atoms with van der Waals surface area (Å²) in [5.74, 6) is -0.943. The third kappa shape index (κ3) is 6.05. The Morgan fingerprint density at radius 1 is 0.895 bits per heavy atom. The lowest BCUT2D eigenvalue weighted by atomic mass is 9.98. The van der Waals surface area contributed by atoms with Crippen LogP contribution in [-0.2, 0) is 20.9 Å². The summed E-state index contributed by atoms with van der Waals surface area (Å²) in [5.41, 5.74) is 5.55. The van der Waals surface area contributed by atoms with Gasteiger partial charge < -0.3 is 20.1 Å². The van der Waals surface area contributed by atoms with Gasteiger partial charge in [0.1, 0.15) is 6.61 Å². The van der Waals surface area contributed by atoms with Crippen LogP contribution in [0.15, 0.2) is 78.9 Å². The molecule has 2 amide bonds. The number of carboxylic acids is 1. The highest BCUT2D eigenvalue weighted by atomic mass is 16.5. The molecule has 2 aliphatic carbocycles. The second-order valence-corrected chi connectivity index (χ2v) is 10.1. The average Bonchev–Trinajstić information content (AvgIpc) is 3.73. The molecule has 2 aliphatic rings. The Labute approximate surface area is 222 Å². The summed E-state index contributed by atoms with van der Waals surface area (Å²) >= 11 is 0. The molecule has 5 rings (SSSR count). The Morgan fingerprint density at radius 3 is 2.11 bits per heavy atom. The van der Waals surface area contributed by atoms with Crippen molar-refractivity contribution in [1.29, 1.82) is 0 Å². The highest BCUT2D eigenvalue weighted by Crippen LogP contribution is 2.44. The van der Waals surface area contributed by atoms with Crippen molar-refractivity contribution < 1.29 is 24.2 Å². The third-order valence-electron chi connectivity index (χ3n) is 7.40. The van der Waals surface area contributed by atoms with Crippen molar-refractivity contribution >= 4 is 18.0 Å². The van der Waals surface area contributed by atoms with Crippen LogP contribution in [0.25, 0.3) is 11.1 Å². The summed E-state index contributed by atoms with van der Waals surface area (Å²) in [4.78, 5) is 38.9. The van der Waals surface area contributed by atoms with Gasteiger partial charge >= 0.3 is 12.1 Å². The van der Waals surface area contributed by atoms with Crippen LogP contribution in [0.4, 0.5) is 4.79 Å². The number of carbonyl (C=O) groups is 3. The molecular formula is C31H32N2O5. The molecule has 0 spiro atoms. The number of aliphatic carboxylic acids is 1. The van der Waals surface area contributed by atoms with E-state index >= 15 is 0 Å². The second kappa shape index (κ2) is 11.5. The molecule has 0 saturated heterocycles. The Hall–Kier alpha value is -4.13. The van der Waals surface area contributed by atoms with Crippen LogP contribution in [0.1, 0.15) is 48.3 Å². The van der Waals surface area contributed by atoms with E-state index in [9.17, 15) is 14.4 Å². The van der Waals surface area contributed by atoms with Gasteiger partial charge in [-0.1, -0.05) is 78.9 Å². The molecule has 1 saturated carbocycles. The molecule has 2 N–H and O–H groups in total. The number of alkyl carbamates (subject to hydrolysis) is 1. The van der Waals surface area contributed by atoms with Gasteiger partial charge in [0.25, 0.3) is 0 Å². The summed E-state index contributed by atoms with van der Waals surface area (Å²) in [6.45, 7) is 0.657. The van der Waals surface area contributed by atoms with Gasteiger partial charge in [-0.3, -0.25) is 9.59 Å². The minimum Gasteiger partial charge on any atom is -0.481 e. The van der Waals surface area contributed by atoms with Crippen LogP contribution in [0.5, 0.6) is 0 Å². The van der Waals surface area contributed by atoms with Crippen LogP contribution in [0.3, 0.4) is 0 Å². The zero-order chi connectivity index (χ0) is 26.5. The molecule has 1 unspecified atom stereocenters. The van der Waals surface area contributed by atoms with Gasteiger partial charge in [0.15, 0.2) is 0 Å². The fraction of sp³-hybridized carbons (Fsp3) is 0.323. The molecule has 3 aromatic carbocycles. The van der Waals surface area contributed by atoms with Gasteiger partial charge in [-0.25, -0.2) is 4.79 Å². The molecule has 1 atom stereocenters. The van der Waals surface area contributed by atoms with Crippen molar-refractivity contribution in [3.8, 4) is 11.1 Å². The summed E-state index contributed by atoms with van der Waals surface area (Å²) in [6.07, 6.45) is 1.33. The number of hydrogen-bond acceptors (Lipinski definition) is 4. The van der Waals surface area contributed by atoms with E-state index in [-0.39, 0.29) is 49.8 Å². The first-order valence-electron chi connectivity index (χ1n) is 13.1. The van der Waals surface area contributed by atoms with E-state index in [4.69, 9.17) is 9.84 Å². The summed E-state index contributed by atoms with van der Waals surface area (Å²) in [7, 11) is 0. The van der Waals surface area contributed by atoms with E-state index in [1.54, 1.807) is 4.90 Å². The largest absolute Gasteiger partial charge is 0.481 e. The lowest BCUT2D eigenvalue weighted by Gasteiger charge is -2.26. The molecule has 0 aromatic heterocycles. The van der Waals surface area contributed by atoms with Gasteiger partial charge in [-0.2, -0.15) is 0 Å². The van der Waals surface area contributed by atoms with Crippen molar-refractivity contribution in [2.45, 2.75) is 44.2 Å². The van der Waals surface area contributed by atoms with Crippen molar-refractivity contribution in [3.63, 3.8) is 0 Å². The van der Waals surface area contributed by atoms with Crippen molar-refractivity contribution in [3.05, 3.63) is 95.6 Å². The van der Waals surface area contributed by atoms with Crippen LogP contribution in [-0.4, -0.2) is 47.2 Å². The minimum atomic E-state index is -0.952. The smallest absolute Gasteiger partial charge is 0.407 e. The lowest BCUT2D eigenvalue weighted by Crippen LogP contribution is -2.42. The van der Waals surface area contributed by atoms with Crippen LogP contribution in [0.2, 0.25) is 0 Å². The van der Waals surface area contributed by atoms with E-state index in [2.05, 4.69) is 29.6 Å². The molecule has 0 aliphatic heterocycles. The molecule has 0 heterocycles. The summed E-state index contributed by atoms with van der Waals surface area (Å²) < 4.78 is 5.71. The van der Waals surface area contributed by atoms with Crippen LogP contribution < -0.4 is 5.32 Å². The van der Waals surface area contributed by atoms with Gasteiger partial charge in [0.2, 0.25) is 5.91 Å². The number of benzene rings is 3. The van der Waals surface area contributed by atoms with Gasteiger partial charge in [0.05, 0.1) is 6.42 Å². The Morgan fingerprint density at radius 2 is 1.50 bits per heavy atom.